The molecule has 1 aromatic carbocycles. The zero-order valence-corrected chi connectivity index (χ0v) is 14.3. The Morgan fingerprint density at radius 3 is 2.79 bits per heavy atom. The van der Waals surface area contributed by atoms with Crippen LogP contribution in [0, 0.1) is 0 Å². The van der Waals surface area contributed by atoms with Crippen molar-refractivity contribution >= 4 is 17.5 Å². The fraction of sp³-hybridized carbons (Fsp3) is 0.316. The third kappa shape index (κ3) is 3.89. The molecule has 4 nitrogen and oxygen atoms in total. The van der Waals surface area contributed by atoms with Crippen molar-refractivity contribution in [3.63, 3.8) is 0 Å². The Balaban J connectivity index is 1.66. The van der Waals surface area contributed by atoms with Gasteiger partial charge in [-0.1, -0.05) is 29.8 Å². The van der Waals surface area contributed by atoms with Crippen LogP contribution in [0.5, 0.6) is 0 Å². The van der Waals surface area contributed by atoms with Crippen LogP contribution in [-0.4, -0.2) is 41.9 Å². The predicted molar refractivity (Wildman–Crippen MR) is 95.8 cm³/mol. The lowest BCUT2D eigenvalue weighted by molar-refractivity contribution is -0.129. The molecular weight excluding hydrogens is 324 g/mol. The average molecular weight is 345 g/mol. The Morgan fingerprint density at radius 1 is 1.17 bits per heavy atom. The van der Waals surface area contributed by atoms with Crippen LogP contribution in [0.3, 0.4) is 0 Å². The van der Waals surface area contributed by atoms with Gasteiger partial charge in [-0.05, 0) is 24.3 Å². The van der Waals surface area contributed by atoms with E-state index in [2.05, 4.69) is 11.5 Å². The highest BCUT2D eigenvalue weighted by Gasteiger charge is 2.20. The zero-order chi connectivity index (χ0) is 16.9. The summed E-state index contributed by atoms with van der Waals surface area (Å²) < 4.78 is 5.95. The van der Waals surface area contributed by atoms with Crippen LogP contribution in [-0.2, 0) is 11.3 Å². The second-order valence-electron chi connectivity index (χ2n) is 5.90. The van der Waals surface area contributed by atoms with Crippen molar-refractivity contribution in [1.82, 2.24) is 9.80 Å². The molecular formula is C19H21ClN2O2. The molecule has 1 fully saturated rings. The second kappa shape index (κ2) is 7.69. The first-order chi connectivity index (χ1) is 11.7. The van der Waals surface area contributed by atoms with E-state index in [-0.39, 0.29) is 5.91 Å². The van der Waals surface area contributed by atoms with Gasteiger partial charge in [0.05, 0.1) is 11.6 Å². The van der Waals surface area contributed by atoms with Gasteiger partial charge in [-0.25, -0.2) is 0 Å². The highest BCUT2D eigenvalue weighted by molar-refractivity contribution is 6.33. The number of halogens is 1. The third-order valence-corrected chi connectivity index (χ3v) is 4.54. The molecule has 126 valence electrons. The Hall–Kier alpha value is -2.04. The van der Waals surface area contributed by atoms with E-state index in [4.69, 9.17) is 16.0 Å². The fourth-order valence-corrected chi connectivity index (χ4v) is 3.14. The Kier molecular flexibility index (Phi) is 5.38. The van der Waals surface area contributed by atoms with Gasteiger partial charge < -0.3 is 9.32 Å². The van der Waals surface area contributed by atoms with Gasteiger partial charge in [-0.15, -0.1) is 6.58 Å². The number of carbonyl (C=O) groups is 1. The summed E-state index contributed by atoms with van der Waals surface area (Å²) in [5.41, 5.74) is 0.897. The minimum atomic E-state index is 0.189. The maximum Gasteiger partial charge on any atom is 0.224 e. The van der Waals surface area contributed by atoms with Crippen LogP contribution >= 0.6 is 11.6 Å². The number of carbonyl (C=O) groups excluding carboxylic acids is 1. The molecule has 0 bridgehead atoms. The normalized spacial score (nSPS) is 16.2. The van der Waals surface area contributed by atoms with Crippen LogP contribution < -0.4 is 0 Å². The number of benzene rings is 1. The van der Waals surface area contributed by atoms with E-state index in [0.717, 1.165) is 36.7 Å². The maximum atomic E-state index is 12.0. The van der Waals surface area contributed by atoms with Gasteiger partial charge in [-0.2, -0.15) is 0 Å². The molecule has 1 saturated heterocycles. The van der Waals surface area contributed by atoms with Crippen LogP contribution in [0.2, 0.25) is 5.02 Å². The molecule has 1 aliphatic heterocycles. The predicted octanol–water partition coefficient (Wildman–Crippen LogP) is 3.82. The minimum absolute atomic E-state index is 0.189. The summed E-state index contributed by atoms with van der Waals surface area (Å²) in [7, 11) is 0. The molecule has 0 radical (unpaired) electrons. The summed E-state index contributed by atoms with van der Waals surface area (Å²) in [6.07, 6.45) is 2.31. The van der Waals surface area contributed by atoms with Crippen LogP contribution in [0.15, 0.2) is 53.5 Å². The van der Waals surface area contributed by atoms with Gasteiger partial charge in [0.2, 0.25) is 5.91 Å². The maximum absolute atomic E-state index is 12.0. The van der Waals surface area contributed by atoms with E-state index >= 15 is 0 Å². The molecule has 0 N–H and O–H groups in total. The fourth-order valence-electron chi connectivity index (χ4n) is 2.91. The van der Waals surface area contributed by atoms with E-state index in [9.17, 15) is 4.79 Å². The second-order valence-corrected chi connectivity index (χ2v) is 6.31. The van der Waals surface area contributed by atoms with E-state index in [1.807, 2.05) is 41.3 Å². The summed E-state index contributed by atoms with van der Waals surface area (Å²) in [5.74, 6) is 1.85. The van der Waals surface area contributed by atoms with Crippen molar-refractivity contribution in [3.05, 3.63) is 59.8 Å². The quantitative estimate of drug-likeness (QED) is 0.774. The molecule has 5 heteroatoms. The number of hydrogen-bond acceptors (Lipinski definition) is 3. The highest BCUT2D eigenvalue weighted by Crippen LogP contribution is 2.29. The van der Waals surface area contributed by atoms with Crippen molar-refractivity contribution in [3.8, 4) is 11.3 Å². The topological polar surface area (TPSA) is 36.7 Å². The van der Waals surface area contributed by atoms with E-state index in [1.165, 1.54) is 0 Å². The van der Waals surface area contributed by atoms with E-state index in [0.29, 0.717) is 24.5 Å². The van der Waals surface area contributed by atoms with Gasteiger partial charge in [0.1, 0.15) is 11.5 Å². The smallest absolute Gasteiger partial charge is 0.224 e. The van der Waals surface area contributed by atoms with E-state index < -0.39 is 0 Å². The molecule has 1 aromatic heterocycles. The number of hydrogen-bond donors (Lipinski definition) is 0. The minimum Gasteiger partial charge on any atom is -0.460 e. The first-order valence-corrected chi connectivity index (χ1v) is 8.50. The summed E-state index contributed by atoms with van der Waals surface area (Å²) in [4.78, 5) is 16.1. The Morgan fingerprint density at radius 2 is 2.00 bits per heavy atom. The lowest BCUT2D eigenvalue weighted by Crippen LogP contribution is -2.33. The van der Waals surface area contributed by atoms with Gasteiger partial charge in [-0.3, -0.25) is 9.69 Å². The molecule has 24 heavy (non-hydrogen) atoms. The van der Waals surface area contributed by atoms with Crippen molar-refractivity contribution in [2.45, 2.75) is 13.0 Å². The Bertz CT molecular complexity index is 726. The Labute approximate surface area is 147 Å². The van der Waals surface area contributed by atoms with Crippen molar-refractivity contribution in [2.75, 3.05) is 26.2 Å². The average Bonchev–Trinajstić information content (AvgIpc) is 2.97. The molecule has 1 amide bonds. The third-order valence-electron chi connectivity index (χ3n) is 4.21. The highest BCUT2D eigenvalue weighted by atomic mass is 35.5. The lowest BCUT2D eigenvalue weighted by Gasteiger charge is -2.20. The molecule has 1 aliphatic rings. The monoisotopic (exact) mass is 344 g/mol. The molecule has 0 spiro atoms. The molecule has 2 heterocycles. The van der Waals surface area contributed by atoms with Gasteiger partial charge in [0, 0.05) is 38.2 Å². The van der Waals surface area contributed by atoms with Gasteiger partial charge in [0.15, 0.2) is 0 Å². The zero-order valence-electron chi connectivity index (χ0n) is 13.6. The van der Waals surface area contributed by atoms with Crippen LogP contribution in [0.1, 0.15) is 12.2 Å². The molecule has 0 aliphatic carbocycles. The standard InChI is InChI=1S/C19H21ClN2O2/c1-2-10-22-13-12-21(11-9-19(22)23)14-15-7-8-18(24-15)16-5-3-4-6-17(16)20/h2-8H,1,9-14H2. The number of amides is 1. The van der Waals surface area contributed by atoms with E-state index in [1.54, 1.807) is 6.08 Å². The van der Waals surface area contributed by atoms with Crippen LogP contribution in [0.4, 0.5) is 0 Å². The summed E-state index contributed by atoms with van der Waals surface area (Å²) in [6.45, 7) is 7.33. The number of nitrogens with zero attached hydrogens (tertiary/aromatic N) is 2. The first kappa shape index (κ1) is 16.8. The van der Waals surface area contributed by atoms with Crippen molar-refractivity contribution < 1.29 is 9.21 Å². The van der Waals surface area contributed by atoms with Gasteiger partial charge >= 0.3 is 0 Å². The summed E-state index contributed by atoms with van der Waals surface area (Å²) in [6, 6.07) is 11.6. The first-order valence-electron chi connectivity index (χ1n) is 8.12. The molecule has 2 aromatic rings. The molecule has 0 unspecified atom stereocenters. The molecule has 3 rings (SSSR count). The molecule has 0 atom stereocenters. The number of furan rings is 1. The number of rotatable bonds is 5. The SMILES string of the molecule is C=CCN1CCN(Cc2ccc(-c3ccccc3Cl)o2)CCC1=O. The largest absolute Gasteiger partial charge is 0.460 e. The molecule has 0 saturated carbocycles. The van der Waals surface area contributed by atoms with Crippen LogP contribution in [0.25, 0.3) is 11.3 Å². The lowest BCUT2D eigenvalue weighted by atomic mass is 10.2. The van der Waals surface area contributed by atoms with Gasteiger partial charge in [0.25, 0.3) is 0 Å². The summed E-state index contributed by atoms with van der Waals surface area (Å²) in [5, 5.41) is 0.679. The van der Waals surface area contributed by atoms with Crippen molar-refractivity contribution in [2.24, 2.45) is 0 Å². The summed E-state index contributed by atoms with van der Waals surface area (Å²) >= 11 is 6.22. The van der Waals surface area contributed by atoms with Crippen molar-refractivity contribution in [1.29, 1.82) is 0 Å².